The second-order valence-corrected chi connectivity index (χ2v) is 10.1. The highest BCUT2D eigenvalue weighted by molar-refractivity contribution is 5.48. The van der Waals surface area contributed by atoms with E-state index in [1.54, 1.807) is 16.7 Å². The highest BCUT2D eigenvalue weighted by Crippen LogP contribution is 2.66. The van der Waals surface area contributed by atoms with Gasteiger partial charge in [0, 0.05) is 12.5 Å². The first-order valence-corrected chi connectivity index (χ1v) is 11.8. The fourth-order valence-corrected chi connectivity index (χ4v) is 7.66. The lowest BCUT2D eigenvalue weighted by Gasteiger charge is -2.53. The molecule has 0 bridgehead atoms. The summed E-state index contributed by atoms with van der Waals surface area (Å²) < 4.78 is 0. The molecule has 4 aliphatic rings. The Morgan fingerprint density at radius 3 is 2.75 bits per heavy atom. The fraction of sp³-hybridized carbons (Fsp3) is 0.630. The van der Waals surface area contributed by atoms with Crippen LogP contribution in [-0.2, 0) is 0 Å². The maximum absolute atomic E-state index is 9.44. The molecule has 0 aromatic heterocycles. The molecule has 0 heterocycles. The number of benzene rings is 1. The van der Waals surface area contributed by atoms with Gasteiger partial charge < -0.3 is 5.11 Å². The average molecular weight is 377 g/mol. The number of fused-ring (bicyclic) bond motifs is 4. The van der Waals surface area contributed by atoms with E-state index in [-0.39, 0.29) is 0 Å². The molecule has 0 radical (unpaired) electrons. The molecule has 0 unspecified atom stereocenters. The molecule has 0 spiro atoms. The maximum atomic E-state index is 9.44. The van der Waals surface area contributed by atoms with Crippen molar-refractivity contribution in [3.63, 3.8) is 0 Å². The molecule has 2 saturated carbocycles. The van der Waals surface area contributed by atoms with Gasteiger partial charge in [-0.2, -0.15) is 0 Å². The van der Waals surface area contributed by atoms with Crippen LogP contribution in [0.4, 0.5) is 0 Å². The normalized spacial score (nSPS) is 37.1. The van der Waals surface area contributed by atoms with Crippen molar-refractivity contribution in [2.24, 2.45) is 23.2 Å². The first kappa shape index (κ1) is 18.7. The van der Waals surface area contributed by atoms with Crippen LogP contribution < -0.4 is 0 Å². The van der Waals surface area contributed by atoms with Gasteiger partial charge in [-0.1, -0.05) is 48.9 Å². The lowest BCUT2D eigenvalue weighted by molar-refractivity contribution is 0.0581. The van der Waals surface area contributed by atoms with Crippen molar-refractivity contribution in [3.8, 4) is 0 Å². The van der Waals surface area contributed by atoms with Crippen molar-refractivity contribution >= 4 is 0 Å². The van der Waals surface area contributed by atoms with E-state index in [1.165, 1.54) is 57.8 Å². The third-order valence-electron chi connectivity index (χ3n) is 8.91. The zero-order valence-corrected chi connectivity index (χ0v) is 17.5. The second kappa shape index (κ2) is 7.48. The predicted molar refractivity (Wildman–Crippen MR) is 116 cm³/mol. The fourth-order valence-electron chi connectivity index (χ4n) is 7.66. The zero-order valence-electron chi connectivity index (χ0n) is 17.5. The minimum Gasteiger partial charge on any atom is -0.396 e. The molecular formula is C27H36O. The largest absolute Gasteiger partial charge is 0.396 e. The molecular weight excluding hydrogens is 340 g/mol. The quantitative estimate of drug-likeness (QED) is 0.613. The van der Waals surface area contributed by atoms with Crippen molar-refractivity contribution in [2.45, 2.75) is 77.0 Å². The lowest BCUT2D eigenvalue weighted by Crippen LogP contribution is -2.43. The Hall–Kier alpha value is -1.34. The van der Waals surface area contributed by atoms with E-state index in [4.69, 9.17) is 0 Å². The van der Waals surface area contributed by atoms with Crippen LogP contribution in [-0.4, -0.2) is 11.7 Å². The molecule has 5 atom stereocenters. The Labute approximate surface area is 170 Å². The smallest absolute Gasteiger partial charge is 0.0431 e. The van der Waals surface area contributed by atoms with Gasteiger partial charge in [-0.15, -0.1) is 0 Å². The van der Waals surface area contributed by atoms with Gasteiger partial charge >= 0.3 is 0 Å². The summed E-state index contributed by atoms with van der Waals surface area (Å²) in [6.45, 7) is 2.97. The molecule has 28 heavy (non-hydrogen) atoms. The molecule has 5 rings (SSSR count). The second-order valence-electron chi connectivity index (χ2n) is 10.1. The van der Waals surface area contributed by atoms with Gasteiger partial charge in [-0.25, -0.2) is 0 Å². The van der Waals surface area contributed by atoms with E-state index >= 15 is 0 Å². The molecule has 1 heteroatoms. The van der Waals surface area contributed by atoms with Crippen molar-refractivity contribution in [1.29, 1.82) is 0 Å². The monoisotopic (exact) mass is 376 g/mol. The van der Waals surface area contributed by atoms with Gasteiger partial charge in [0.25, 0.3) is 0 Å². The number of rotatable bonds is 4. The van der Waals surface area contributed by atoms with Crippen molar-refractivity contribution < 1.29 is 5.11 Å². The van der Waals surface area contributed by atoms with Crippen LogP contribution in [0, 0.1) is 23.2 Å². The SMILES string of the molecule is C[C@]12C[C@H](c3ccccc3)C3=C4CCCC=C4CC[C@H]3[C@@H]1CC[C@H]2CCCO. The van der Waals surface area contributed by atoms with Crippen molar-refractivity contribution in [2.75, 3.05) is 6.61 Å². The number of hydrogen-bond donors (Lipinski definition) is 1. The van der Waals surface area contributed by atoms with Crippen LogP contribution in [0.1, 0.15) is 82.6 Å². The molecule has 0 saturated heterocycles. The number of aliphatic hydroxyl groups is 1. The summed E-state index contributed by atoms with van der Waals surface area (Å²) in [6, 6.07) is 11.4. The summed E-state index contributed by atoms with van der Waals surface area (Å²) in [5.74, 6) is 3.07. The molecule has 1 aromatic rings. The lowest BCUT2D eigenvalue weighted by atomic mass is 9.51. The van der Waals surface area contributed by atoms with Crippen molar-refractivity contribution in [3.05, 3.63) is 58.7 Å². The van der Waals surface area contributed by atoms with Gasteiger partial charge in [0.2, 0.25) is 0 Å². The Bertz CT molecular complexity index is 773. The van der Waals surface area contributed by atoms with Crippen LogP contribution in [0.5, 0.6) is 0 Å². The average Bonchev–Trinajstić information content (AvgIpc) is 3.08. The first-order chi connectivity index (χ1) is 13.7. The molecule has 1 N–H and O–H groups in total. The van der Waals surface area contributed by atoms with Gasteiger partial charge in [0.15, 0.2) is 0 Å². The molecule has 1 aromatic carbocycles. The molecule has 0 amide bonds. The third kappa shape index (κ3) is 2.93. The first-order valence-electron chi connectivity index (χ1n) is 11.8. The number of allylic oxidation sites excluding steroid dienone is 4. The van der Waals surface area contributed by atoms with Crippen molar-refractivity contribution in [1.82, 2.24) is 0 Å². The molecule has 2 fully saturated rings. The minimum atomic E-state index is 0.353. The molecule has 150 valence electrons. The summed E-state index contributed by atoms with van der Waals surface area (Å²) >= 11 is 0. The highest BCUT2D eigenvalue weighted by Gasteiger charge is 2.55. The van der Waals surface area contributed by atoms with Crippen LogP contribution in [0.15, 0.2) is 53.1 Å². The predicted octanol–water partition coefficient (Wildman–Crippen LogP) is 6.80. The number of aliphatic hydroxyl groups excluding tert-OH is 1. The Morgan fingerprint density at radius 1 is 1.07 bits per heavy atom. The maximum Gasteiger partial charge on any atom is 0.0431 e. The van der Waals surface area contributed by atoms with Crippen LogP contribution in [0.2, 0.25) is 0 Å². The van der Waals surface area contributed by atoms with Gasteiger partial charge in [-0.3, -0.25) is 0 Å². The van der Waals surface area contributed by atoms with Crippen LogP contribution >= 0.6 is 0 Å². The van der Waals surface area contributed by atoms with Gasteiger partial charge in [0.1, 0.15) is 0 Å². The minimum absolute atomic E-state index is 0.353. The van der Waals surface area contributed by atoms with E-state index < -0.39 is 0 Å². The highest BCUT2D eigenvalue weighted by atomic mass is 16.2. The van der Waals surface area contributed by atoms with Gasteiger partial charge in [0.05, 0.1) is 0 Å². The molecule has 4 aliphatic carbocycles. The Morgan fingerprint density at radius 2 is 1.93 bits per heavy atom. The zero-order chi connectivity index (χ0) is 19.1. The van der Waals surface area contributed by atoms with Crippen LogP contribution in [0.25, 0.3) is 0 Å². The Kier molecular flexibility index (Phi) is 4.99. The van der Waals surface area contributed by atoms with E-state index in [0.29, 0.717) is 17.9 Å². The topological polar surface area (TPSA) is 20.2 Å². The summed E-state index contributed by atoms with van der Waals surface area (Å²) in [5, 5.41) is 9.44. The Balaban J connectivity index is 1.60. The van der Waals surface area contributed by atoms with Gasteiger partial charge in [-0.05, 0) is 104 Å². The molecule has 1 nitrogen and oxygen atoms in total. The third-order valence-corrected chi connectivity index (χ3v) is 8.91. The van der Waals surface area contributed by atoms with E-state index in [2.05, 4.69) is 43.3 Å². The summed E-state index contributed by atoms with van der Waals surface area (Å²) in [7, 11) is 0. The standard InChI is InChI=1S/C27H36O/c1-27-18-24(19-8-3-2-4-9-19)26-22-12-6-5-10-20(22)13-15-23(26)25(27)16-14-21(27)11-7-17-28/h2-4,8-10,21,23-25,28H,5-7,11-18H2,1H3/t21-,23+,24-,25+,27-/m1/s1. The molecule has 0 aliphatic heterocycles. The summed E-state index contributed by atoms with van der Waals surface area (Å²) in [5.41, 5.74) is 7.33. The van der Waals surface area contributed by atoms with Crippen LogP contribution in [0.3, 0.4) is 0 Å². The number of hydrogen-bond acceptors (Lipinski definition) is 1. The summed E-state index contributed by atoms with van der Waals surface area (Å²) in [6.07, 6.45) is 15.5. The summed E-state index contributed by atoms with van der Waals surface area (Å²) in [4.78, 5) is 0. The van der Waals surface area contributed by atoms with E-state index in [0.717, 1.165) is 24.2 Å². The van der Waals surface area contributed by atoms with E-state index in [1.807, 2.05) is 5.57 Å². The van der Waals surface area contributed by atoms with E-state index in [9.17, 15) is 5.11 Å².